The van der Waals surface area contributed by atoms with E-state index in [1.807, 2.05) is 0 Å². The van der Waals surface area contributed by atoms with Crippen molar-refractivity contribution >= 4 is 5.82 Å². The molecule has 1 aromatic heterocycles. The predicted octanol–water partition coefficient (Wildman–Crippen LogP) is 1.13. The standard InChI is InChI=1S/C8H9F3N2O/c9-8(10,11)6(14)4-5-2-1-3-13-7(5)12/h1-3,6,14H,4H2,(H2,12,13)/t6-/m1/s1. The average molecular weight is 206 g/mol. The maximum atomic E-state index is 12.0. The van der Waals surface area contributed by atoms with Crippen molar-refractivity contribution in [3.05, 3.63) is 23.9 Å². The average Bonchev–Trinajstić information content (AvgIpc) is 2.07. The number of nitrogen functional groups attached to an aromatic ring is 1. The first-order valence-electron chi connectivity index (χ1n) is 3.85. The number of nitrogens with two attached hydrogens (primary N) is 1. The van der Waals surface area contributed by atoms with Gasteiger partial charge in [-0.15, -0.1) is 0 Å². The molecule has 1 rings (SSSR count). The highest BCUT2D eigenvalue weighted by atomic mass is 19.4. The fourth-order valence-electron chi connectivity index (χ4n) is 0.947. The van der Waals surface area contributed by atoms with Crippen LogP contribution in [0, 0.1) is 0 Å². The lowest BCUT2D eigenvalue weighted by atomic mass is 10.1. The number of aromatic nitrogens is 1. The Morgan fingerprint density at radius 2 is 2.14 bits per heavy atom. The minimum absolute atomic E-state index is 0.0100. The van der Waals surface area contributed by atoms with E-state index in [2.05, 4.69) is 4.98 Å². The summed E-state index contributed by atoms with van der Waals surface area (Å²) >= 11 is 0. The molecule has 0 spiro atoms. The van der Waals surface area contributed by atoms with Crippen LogP contribution in [0.1, 0.15) is 5.56 Å². The minimum Gasteiger partial charge on any atom is -0.383 e. The van der Waals surface area contributed by atoms with Gasteiger partial charge in [-0.1, -0.05) is 6.07 Å². The minimum atomic E-state index is -4.62. The van der Waals surface area contributed by atoms with Crippen molar-refractivity contribution in [2.45, 2.75) is 18.7 Å². The van der Waals surface area contributed by atoms with E-state index < -0.39 is 18.7 Å². The fraction of sp³-hybridized carbons (Fsp3) is 0.375. The molecule has 0 bridgehead atoms. The molecule has 1 atom stereocenters. The molecule has 3 N–H and O–H groups in total. The van der Waals surface area contributed by atoms with Gasteiger partial charge in [0.2, 0.25) is 0 Å². The first-order valence-corrected chi connectivity index (χ1v) is 3.85. The predicted molar refractivity (Wildman–Crippen MR) is 44.4 cm³/mol. The molecule has 0 saturated carbocycles. The molecule has 78 valence electrons. The first kappa shape index (κ1) is 10.8. The van der Waals surface area contributed by atoms with Crippen LogP contribution in [0.2, 0.25) is 0 Å². The van der Waals surface area contributed by atoms with E-state index in [0.29, 0.717) is 0 Å². The summed E-state index contributed by atoms with van der Waals surface area (Å²) in [6, 6.07) is 2.87. The summed E-state index contributed by atoms with van der Waals surface area (Å²) in [5.74, 6) is 0.0100. The van der Waals surface area contributed by atoms with E-state index in [4.69, 9.17) is 10.8 Å². The quantitative estimate of drug-likeness (QED) is 0.762. The van der Waals surface area contributed by atoms with Gasteiger partial charge in [-0.25, -0.2) is 4.98 Å². The van der Waals surface area contributed by atoms with Crippen molar-refractivity contribution in [1.29, 1.82) is 0 Å². The summed E-state index contributed by atoms with van der Waals surface area (Å²) in [6.07, 6.45) is -6.21. The molecule has 1 heterocycles. The van der Waals surface area contributed by atoms with Crippen LogP contribution in [0.3, 0.4) is 0 Å². The number of alkyl halides is 3. The largest absolute Gasteiger partial charge is 0.414 e. The molecule has 0 aliphatic carbocycles. The van der Waals surface area contributed by atoms with Crippen LogP contribution in [0.25, 0.3) is 0 Å². The Kier molecular flexibility index (Phi) is 2.95. The second-order valence-corrected chi connectivity index (χ2v) is 2.81. The molecular weight excluding hydrogens is 197 g/mol. The van der Waals surface area contributed by atoms with E-state index in [0.717, 1.165) is 0 Å². The summed E-state index contributed by atoms with van der Waals surface area (Å²) in [4.78, 5) is 3.61. The Hall–Kier alpha value is -1.30. The van der Waals surface area contributed by atoms with Crippen molar-refractivity contribution in [3.8, 4) is 0 Å². The number of halogens is 3. The molecule has 3 nitrogen and oxygen atoms in total. The van der Waals surface area contributed by atoms with Crippen LogP contribution in [-0.2, 0) is 6.42 Å². The van der Waals surface area contributed by atoms with Crippen molar-refractivity contribution in [2.24, 2.45) is 0 Å². The lowest BCUT2D eigenvalue weighted by Gasteiger charge is -2.14. The summed E-state index contributed by atoms with van der Waals surface area (Å²) in [5, 5.41) is 8.76. The molecule has 0 aromatic carbocycles. The molecule has 0 aliphatic heterocycles. The molecule has 0 aliphatic rings. The third-order valence-corrected chi connectivity index (χ3v) is 1.72. The number of pyridine rings is 1. The number of hydrogen-bond acceptors (Lipinski definition) is 3. The lowest BCUT2D eigenvalue weighted by molar-refractivity contribution is -0.203. The van der Waals surface area contributed by atoms with Crippen LogP contribution in [-0.4, -0.2) is 22.4 Å². The molecule has 6 heteroatoms. The zero-order chi connectivity index (χ0) is 10.8. The summed E-state index contributed by atoms with van der Waals surface area (Å²) in [7, 11) is 0. The molecule has 0 saturated heterocycles. The van der Waals surface area contributed by atoms with Gasteiger partial charge >= 0.3 is 6.18 Å². The van der Waals surface area contributed by atoms with Crippen molar-refractivity contribution in [2.75, 3.05) is 5.73 Å². The van der Waals surface area contributed by atoms with Gasteiger partial charge in [-0.05, 0) is 11.6 Å². The van der Waals surface area contributed by atoms with E-state index in [1.165, 1.54) is 18.3 Å². The Morgan fingerprint density at radius 3 is 2.64 bits per heavy atom. The lowest BCUT2D eigenvalue weighted by Crippen LogP contribution is -2.30. The second kappa shape index (κ2) is 3.83. The highest BCUT2D eigenvalue weighted by Gasteiger charge is 2.38. The van der Waals surface area contributed by atoms with Gasteiger partial charge in [0.1, 0.15) is 5.82 Å². The van der Waals surface area contributed by atoms with E-state index in [1.54, 1.807) is 0 Å². The van der Waals surface area contributed by atoms with Gasteiger partial charge in [0, 0.05) is 12.6 Å². The van der Waals surface area contributed by atoms with Gasteiger partial charge in [-0.3, -0.25) is 0 Å². The van der Waals surface area contributed by atoms with Crippen LogP contribution >= 0.6 is 0 Å². The summed E-state index contributed by atoms with van der Waals surface area (Å²) < 4.78 is 35.9. The molecule has 0 amide bonds. The second-order valence-electron chi connectivity index (χ2n) is 2.81. The molecule has 1 aromatic rings. The molecule has 0 unspecified atom stereocenters. The fourth-order valence-corrected chi connectivity index (χ4v) is 0.947. The normalized spacial score (nSPS) is 14.0. The third-order valence-electron chi connectivity index (χ3n) is 1.72. The smallest absolute Gasteiger partial charge is 0.383 e. The number of nitrogens with zero attached hydrogens (tertiary/aromatic N) is 1. The Bertz CT molecular complexity index is 314. The number of rotatable bonds is 2. The van der Waals surface area contributed by atoms with Gasteiger partial charge in [0.05, 0.1) is 0 Å². The Labute approximate surface area is 78.4 Å². The van der Waals surface area contributed by atoms with E-state index >= 15 is 0 Å². The summed E-state index contributed by atoms with van der Waals surface area (Å²) in [6.45, 7) is 0. The van der Waals surface area contributed by atoms with Crippen molar-refractivity contribution < 1.29 is 18.3 Å². The van der Waals surface area contributed by atoms with Crippen LogP contribution in [0.4, 0.5) is 19.0 Å². The van der Waals surface area contributed by atoms with Gasteiger partial charge in [-0.2, -0.15) is 13.2 Å². The van der Waals surface area contributed by atoms with Gasteiger partial charge in [0.25, 0.3) is 0 Å². The highest BCUT2D eigenvalue weighted by Crippen LogP contribution is 2.23. The van der Waals surface area contributed by atoms with Crippen LogP contribution in [0.5, 0.6) is 0 Å². The summed E-state index contributed by atoms with van der Waals surface area (Å²) in [5.41, 5.74) is 5.51. The highest BCUT2D eigenvalue weighted by molar-refractivity contribution is 5.38. The van der Waals surface area contributed by atoms with E-state index in [-0.39, 0.29) is 11.4 Å². The van der Waals surface area contributed by atoms with Gasteiger partial charge in [0.15, 0.2) is 6.10 Å². The van der Waals surface area contributed by atoms with Crippen molar-refractivity contribution in [3.63, 3.8) is 0 Å². The Morgan fingerprint density at radius 1 is 1.50 bits per heavy atom. The first-order chi connectivity index (χ1) is 6.41. The third kappa shape index (κ3) is 2.59. The maximum absolute atomic E-state index is 12.0. The molecular formula is C8H9F3N2O. The molecule has 14 heavy (non-hydrogen) atoms. The Balaban J connectivity index is 2.75. The van der Waals surface area contributed by atoms with Crippen molar-refractivity contribution in [1.82, 2.24) is 4.98 Å². The van der Waals surface area contributed by atoms with E-state index in [9.17, 15) is 13.2 Å². The maximum Gasteiger partial charge on any atom is 0.414 e. The topological polar surface area (TPSA) is 59.1 Å². The number of anilines is 1. The zero-order valence-corrected chi connectivity index (χ0v) is 7.12. The number of aliphatic hydroxyl groups is 1. The van der Waals surface area contributed by atoms with Crippen LogP contribution in [0.15, 0.2) is 18.3 Å². The SMILES string of the molecule is Nc1ncccc1C[C@@H](O)C(F)(F)F. The zero-order valence-electron chi connectivity index (χ0n) is 7.12. The monoisotopic (exact) mass is 206 g/mol. The number of hydrogen-bond donors (Lipinski definition) is 2. The van der Waals surface area contributed by atoms with Gasteiger partial charge < -0.3 is 10.8 Å². The molecule has 0 fully saturated rings. The molecule has 0 radical (unpaired) electrons. The number of aliphatic hydroxyl groups excluding tert-OH is 1. The van der Waals surface area contributed by atoms with Crippen LogP contribution < -0.4 is 5.73 Å².